The maximum Gasteiger partial charge on any atom is 0.337 e. The van der Waals surface area contributed by atoms with Crippen molar-refractivity contribution >= 4 is 5.97 Å². The first-order valence-corrected chi connectivity index (χ1v) is 9.40. The zero-order valence-corrected chi connectivity index (χ0v) is 15.9. The van der Waals surface area contributed by atoms with E-state index < -0.39 is 0 Å². The number of hydrogen-bond acceptors (Lipinski definition) is 4. The van der Waals surface area contributed by atoms with Crippen LogP contribution in [0.3, 0.4) is 0 Å². The van der Waals surface area contributed by atoms with Gasteiger partial charge in [-0.2, -0.15) is 0 Å². The third-order valence-corrected chi connectivity index (χ3v) is 4.83. The Labute approximate surface area is 160 Å². The average Bonchev–Trinajstić information content (AvgIpc) is 2.67. The second-order valence-corrected chi connectivity index (χ2v) is 7.24. The van der Waals surface area contributed by atoms with Crippen molar-refractivity contribution in [2.75, 3.05) is 0 Å². The van der Waals surface area contributed by atoms with Gasteiger partial charge in [-0.15, -0.1) is 0 Å². The summed E-state index contributed by atoms with van der Waals surface area (Å²) < 4.78 is 11.2. The number of carbonyl (C=O) groups excluding carboxylic acids is 1. The highest BCUT2D eigenvalue weighted by Crippen LogP contribution is 2.27. The van der Waals surface area contributed by atoms with Gasteiger partial charge in [0.1, 0.15) is 24.2 Å². The normalized spacial score (nSPS) is 17.1. The molecule has 142 valence electrons. The lowest BCUT2D eigenvalue weighted by molar-refractivity contribution is -0.149. The summed E-state index contributed by atoms with van der Waals surface area (Å²) in [5.41, 5.74) is 2.61. The van der Waals surface area contributed by atoms with E-state index >= 15 is 0 Å². The summed E-state index contributed by atoms with van der Waals surface area (Å²) in [6, 6.07) is 17.9. The minimum atomic E-state index is -0.389. The molecule has 0 saturated heterocycles. The van der Waals surface area contributed by atoms with Crippen molar-refractivity contribution in [3.8, 4) is 5.75 Å². The van der Waals surface area contributed by atoms with E-state index in [-0.39, 0.29) is 23.8 Å². The summed E-state index contributed by atoms with van der Waals surface area (Å²) in [5, 5.41) is 10.2. The molecule has 0 radical (unpaired) electrons. The van der Waals surface area contributed by atoms with Gasteiger partial charge >= 0.3 is 5.97 Å². The average molecular weight is 366 g/mol. The molecule has 0 saturated carbocycles. The van der Waals surface area contributed by atoms with Crippen molar-refractivity contribution in [1.29, 1.82) is 0 Å². The van der Waals surface area contributed by atoms with E-state index in [2.05, 4.69) is 0 Å². The summed E-state index contributed by atoms with van der Waals surface area (Å²) in [6.45, 7) is 4.50. The van der Waals surface area contributed by atoms with E-state index in [1.165, 1.54) is 0 Å². The summed E-state index contributed by atoms with van der Waals surface area (Å²) in [4.78, 5) is 12.2. The molecule has 0 amide bonds. The number of carbonyl (C=O) groups is 1. The molecule has 1 aliphatic rings. The van der Waals surface area contributed by atoms with E-state index in [0.717, 1.165) is 16.9 Å². The van der Waals surface area contributed by atoms with Gasteiger partial charge in [0.2, 0.25) is 0 Å². The first kappa shape index (κ1) is 19.0. The van der Waals surface area contributed by atoms with Crippen molar-refractivity contribution in [3.05, 3.63) is 77.1 Å². The number of hydrogen-bond donors (Lipinski definition) is 1. The molecule has 3 rings (SSSR count). The Bertz CT molecular complexity index is 791. The van der Waals surface area contributed by atoms with Crippen LogP contribution in [0.1, 0.15) is 37.8 Å². The van der Waals surface area contributed by atoms with Crippen LogP contribution >= 0.6 is 0 Å². The number of aliphatic hydroxyl groups excluding tert-OH is 1. The summed E-state index contributed by atoms with van der Waals surface area (Å²) in [5.74, 6) is 0.788. The van der Waals surface area contributed by atoms with Crippen LogP contribution in [0.25, 0.3) is 0 Å². The highest BCUT2D eigenvalue weighted by atomic mass is 16.5. The molecule has 27 heavy (non-hydrogen) atoms. The van der Waals surface area contributed by atoms with Gasteiger partial charge in [-0.3, -0.25) is 0 Å². The lowest BCUT2D eigenvalue weighted by atomic mass is 9.95. The molecule has 1 aliphatic heterocycles. The molecule has 4 nitrogen and oxygen atoms in total. The molecule has 0 bridgehead atoms. The molecule has 0 aromatic heterocycles. The topological polar surface area (TPSA) is 55.8 Å². The lowest BCUT2D eigenvalue weighted by Crippen LogP contribution is -2.30. The van der Waals surface area contributed by atoms with Crippen molar-refractivity contribution in [2.45, 2.75) is 45.8 Å². The van der Waals surface area contributed by atoms with Gasteiger partial charge in [-0.25, -0.2) is 4.79 Å². The summed E-state index contributed by atoms with van der Waals surface area (Å²) >= 11 is 0. The van der Waals surface area contributed by atoms with Crippen LogP contribution in [0.15, 0.2) is 65.9 Å². The Morgan fingerprint density at radius 3 is 2.37 bits per heavy atom. The van der Waals surface area contributed by atoms with Gasteiger partial charge in [0.05, 0.1) is 5.57 Å². The zero-order chi connectivity index (χ0) is 19.2. The van der Waals surface area contributed by atoms with Gasteiger partial charge in [-0.05, 0) is 42.0 Å². The number of cyclic esters (lactones) is 1. The van der Waals surface area contributed by atoms with Crippen molar-refractivity contribution < 1.29 is 19.4 Å². The summed E-state index contributed by atoms with van der Waals surface area (Å²) in [6.07, 6.45) is 1.31. The largest absolute Gasteiger partial charge is 0.512 e. The Morgan fingerprint density at radius 2 is 1.74 bits per heavy atom. The minimum Gasteiger partial charge on any atom is -0.512 e. The molecule has 0 fully saturated rings. The minimum absolute atomic E-state index is 0.174. The Balaban J connectivity index is 1.54. The van der Waals surface area contributed by atoms with Gasteiger partial charge in [0.15, 0.2) is 0 Å². The van der Waals surface area contributed by atoms with Crippen LogP contribution < -0.4 is 4.74 Å². The molecular formula is C23H26O4. The first-order chi connectivity index (χ1) is 13.0. The predicted molar refractivity (Wildman–Crippen MR) is 105 cm³/mol. The fraction of sp³-hybridized carbons (Fsp3) is 0.348. The number of aryl methyl sites for hydroxylation is 1. The number of ether oxygens (including phenoxy) is 2. The van der Waals surface area contributed by atoms with Gasteiger partial charge in [0, 0.05) is 6.42 Å². The summed E-state index contributed by atoms with van der Waals surface area (Å²) in [7, 11) is 0. The first-order valence-electron chi connectivity index (χ1n) is 9.40. The molecule has 2 aromatic carbocycles. The standard InChI is InChI=1S/C23H26O4/c1-16(2)22-14-21(24)20(23(25)27-22)13-10-17-8-11-19(12-9-17)26-15-18-6-4-3-5-7-18/h3-9,11-12,16,22,24H,10,13-15H2,1-2H3. The van der Waals surface area contributed by atoms with Crippen LogP contribution in [-0.2, 0) is 22.6 Å². The van der Waals surface area contributed by atoms with Crippen LogP contribution in [0.2, 0.25) is 0 Å². The molecule has 1 unspecified atom stereocenters. The second kappa shape index (κ2) is 8.76. The zero-order valence-electron chi connectivity index (χ0n) is 15.9. The maximum atomic E-state index is 12.2. The molecule has 0 aliphatic carbocycles. The van der Waals surface area contributed by atoms with Crippen LogP contribution in [-0.4, -0.2) is 17.2 Å². The Hall–Kier alpha value is -2.75. The fourth-order valence-electron chi connectivity index (χ4n) is 3.06. The molecule has 1 atom stereocenters. The number of aliphatic hydroxyl groups is 1. The molecular weight excluding hydrogens is 340 g/mol. The van der Waals surface area contributed by atoms with Gasteiger partial charge < -0.3 is 14.6 Å². The number of benzene rings is 2. The quantitative estimate of drug-likeness (QED) is 0.702. The van der Waals surface area contributed by atoms with E-state index in [1.54, 1.807) is 0 Å². The second-order valence-electron chi connectivity index (χ2n) is 7.24. The molecule has 4 heteroatoms. The Kier molecular flexibility index (Phi) is 6.17. The van der Waals surface area contributed by atoms with E-state index in [9.17, 15) is 9.90 Å². The molecule has 2 aromatic rings. The van der Waals surface area contributed by atoms with Crippen molar-refractivity contribution in [2.24, 2.45) is 5.92 Å². The highest BCUT2D eigenvalue weighted by Gasteiger charge is 2.30. The van der Waals surface area contributed by atoms with Gasteiger partial charge in [-0.1, -0.05) is 56.3 Å². The van der Waals surface area contributed by atoms with Crippen LogP contribution in [0, 0.1) is 5.92 Å². The predicted octanol–water partition coefficient (Wildman–Crippen LogP) is 4.98. The van der Waals surface area contributed by atoms with Crippen LogP contribution in [0.4, 0.5) is 0 Å². The van der Waals surface area contributed by atoms with Crippen LogP contribution in [0.5, 0.6) is 5.75 Å². The third kappa shape index (κ3) is 5.13. The SMILES string of the molecule is CC(C)C1CC(O)=C(CCc2ccc(OCc3ccccc3)cc2)C(=O)O1. The number of esters is 1. The smallest absolute Gasteiger partial charge is 0.337 e. The number of rotatable bonds is 7. The van der Waals surface area contributed by atoms with E-state index in [4.69, 9.17) is 9.47 Å². The monoisotopic (exact) mass is 366 g/mol. The Morgan fingerprint density at radius 1 is 1.04 bits per heavy atom. The fourth-order valence-corrected chi connectivity index (χ4v) is 3.06. The molecule has 1 heterocycles. The maximum absolute atomic E-state index is 12.2. The molecule has 1 N–H and O–H groups in total. The lowest BCUT2D eigenvalue weighted by Gasteiger charge is -2.27. The van der Waals surface area contributed by atoms with E-state index in [0.29, 0.717) is 31.4 Å². The highest BCUT2D eigenvalue weighted by molar-refractivity contribution is 5.90. The van der Waals surface area contributed by atoms with Crippen molar-refractivity contribution in [3.63, 3.8) is 0 Å². The van der Waals surface area contributed by atoms with E-state index in [1.807, 2.05) is 68.4 Å². The molecule has 0 spiro atoms. The van der Waals surface area contributed by atoms with Gasteiger partial charge in [0.25, 0.3) is 0 Å². The van der Waals surface area contributed by atoms with Crippen molar-refractivity contribution in [1.82, 2.24) is 0 Å². The third-order valence-electron chi connectivity index (χ3n) is 4.83.